The molecule has 3 nitrogen and oxygen atoms in total. The number of fused-ring (bicyclic) bond motifs is 1. The lowest BCUT2D eigenvalue weighted by Crippen LogP contribution is -2.32. The molecule has 0 bridgehead atoms. The molecule has 110 valence electrons. The Hall–Kier alpha value is -2.68. The van der Waals surface area contributed by atoms with Crippen LogP contribution < -0.4 is 4.90 Å². The smallest absolute Gasteiger partial charge is 0.248 e. The van der Waals surface area contributed by atoms with Crippen molar-refractivity contribution in [3.63, 3.8) is 0 Å². The Bertz CT molecular complexity index is 747. The van der Waals surface area contributed by atoms with Gasteiger partial charge in [0.05, 0.1) is 11.4 Å². The minimum absolute atomic E-state index is 0.00376. The van der Waals surface area contributed by atoms with Crippen molar-refractivity contribution in [1.29, 1.82) is 0 Å². The van der Waals surface area contributed by atoms with E-state index in [0.29, 0.717) is 6.54 Å². The Kier molecular flexibility index (Phi) is 3.88. The number of amides is 1. The van der Waals surface area contributed by atoms with Crippen molar-refractivity contribution in [2.24, 2.45) is 4.99 Å². The molecule has 0 spiro atoms. The van der Waals surface area contributed by atoms with Crippen LogP contribution in [0.1, 0.15) is 16.7 Å². The molecule has 0 aliphatic carbocycles. The molecule has 2 aromatic carbocycles. The highest BCUT2D eigenvalue weighted by Crippen LogP contribution is 2.27. The molecule has 3 rings (SSSR count). The van der Waals surface area contributed by atoms with Crippen LogP contribution in [-0.4, -0.2) is 24.7 Å². The maximum Gasteiger partial charge on any atom is 0.248 e. The number of carbonyl (C=O) groups excluding carboxylic acids is 1. The largest absolute Gasteiger partial charge is 0.306 e. The summed E-state index contributed by atoms with van der Waals surface area (Å²) in [6.45, 7) is 6.46. The van der Waals surface area contributed by atoms with Gasteiger partial charge in [-0.2, -0.15) is 0 Å². The summed E-state index contributed by atoms with van der Waals surface area (Å²) in [6, 6.07) is 16.1. The molecule has 1 aliphatic heterocycles. The Morgan fingerprint density at radius 1 is 1.23 bits per heavy atom. The highest BCUT2D eigenvalue weighted by atomic mass is 16.2. The van der Waals surface area contributed by atoms with Gasteiger partial charge in [-0.15, -0.1) is 6.58 Å². The standard InChI is InChI=1S/C19H18N2O/c1-3-11-21-17-10-9-14(2)12-16(17)19(20-13-18(21)22)15-7-5-4-6-8-15/h3-10,12H,1,11,13H2,2H3. The van der Waals surface area contributed by atoms with E-state index in [0.717, 1.165) is 28.1 Å². The van der Waals surface area contributed by atoms with Gasteiger partial charge >= 0.3 is 0 Å². The molecule has 1 amide bonds. The monoisotopic (exact) mass is 290 g/mol. The summed E-state index contributed by atoms with van der Waals surface area (Å²) in [4.78, 5) is 18.7. The summed E-state index contributed by atoms with van der Waals surface area (Å²) in [6.07, 6.45) is 1.75. The predicted molar refractivity (Wildman–Crippen MR) is 90.7 cm³/mol. The van der Waals surface area contributed by atoms with Gasteiger partial charge in [0.2, 0.25) is 5.91 Å². The first-order valence-corrected chi connectivity index (χ1v) is 7.33. The van der Waals surface area contributed by atoms with Crippen LogP contribution in [0.3, 0.4) is 0 Å². The van der Waals surface area contributed by atoms with E-state index in [1.54, 1.807) is 11.0 Å². The zero-order chi connectivity index (χ0) is 15.5. The third kappa shape index (κ3) is 2.58. The Morgan fingerprint density at radius 2 is 2.00 bits per heavy atom. The number of anilines is 1. The van der Waals surface area contributed by atoms with Crippen LogP contribution in [0.2, 0.25) is 0 Å². The molecule has 0 N–H and O–H groups in total. The van der Waals surface area contributed by atoms with Crippen molar-refractivity contribution in [1.82, 2.24) is 0 Å². The summed E-state index contributed by atoms with van der Waals surface area (Å²) >= 11 is 0. The molecule has 22 heavy (non-hydrogen) atoms. The van der Waals surface area contributed by atoms with Crippen molar-refractivity contribution in [2.45, 2.75) is 6.92 Å². The second-order valence-electron chi connectivity index (χ2n) is 5.34. The van der Waals surface area contributed by atoms with Gasteiger partial charge in [-0.05, 0) is 19.1 Å². The van der Waals surface area contributed by atoms with Gasteiger partial charge in [-0.25, -0.2) is 0 Å². The van der Waals surface area contributed by atoms with Crippen LogP contribution in [0.5, 0.6) is 0 Å². The summed E-state index contributed by atoms with van der Waals surface area (Å²) in [5, 5.41) is 0. The minimum atomic E-state index is -0.00376. The summed E-state index contributed by atoms with van der Waals surface area (Å²) in [5.41, 5.74) is 4.95. The van der Waals surface area contributed by atoms with Crippen LogP contribution in [0, 0.1) is 6.92 Å². The highest BCUT2D eigenvalue weighted by Gasteiger charge is 2.24. The molecule has 2 aromatic rings. The topological polar surface area (TPSA) is 32.7 Å². The van der Waals surface area contributed by atoms with Crippen LogP contribution in [0.4, 0.5) is 5.69 Å². The SMILES string of the molecule is C=CCN1C(=O)CN=C(c2ccccc2)c2cc(C)ccc21. The molecule has 0 saturated carbocycles. The van der Waals surface area contributed by atoms with Gasteiger partial charge in [-0.3, -0.25) is 9.79 Å². The van der Waals surface area contributed by atoms with Crippen molar-refractivity contribution in [2.75, 3.05) is 18.0 Å². The third-order valence-electron chi connectivity index (χ3n) is 3.73. The normalized spacial score (nSPS) is 14.1. The second-order valence-corrected chi connectivity index (χ2v) is 5.34. The fraction of sp³-hybridized carbons (Fsp3) is 0.158. The zero-order valence-electron chi connectivity index (χ0n) is 12.6. The Morgan fingerprint density at radius 3 is 2.73 bits per heavy atom. The maximum atomic E-state index is 12.4. The van der Waals surface area contributed by atoms with Crippen molar-refractivity contribution in [3.8, 4) is 0 Å². The number of rotatable bonds is 3. The van der Waals surface area contributed by atoms with E-state index in [9.17, 15) is 4.79 Å². The molecule has 0 radical (unpaired) electrons. The molecular weight excluding hydrogens is 272 g/mol. The van der Waals surface area contributed by atoms with Crippen LogP contribution in [0.25, 0.3) is 0 Å². The molecule has 1 aliphatic rings. The number of aliphatic imine (C=N–C) groups is 1. The van der Waals surface area contributed by atoms with E-state index < -0.39 is 0 Å². The Labute approximate surface area is 130 Å². The fourth-order valence-corrected chi connectivity index (χ4v) is 2.70. The minimum Gasteiger partial charge on any atom is -0.306 e. The molecule has 0 fully saturated rings. The lowest BCUT2D eigenvalue weighted by molar-refractivity contribution is -0.117. The molecule has 0 unspecified atom stereocenters. The number of benzodiazepines with no additional fused rings is 1. The number of aryl methyl sites for hydroxylation is 1. The van der Waals surface area contributed by atoms with E-state index >= 15 is 0 Å². The Balaban J connectivity index is 2.20. The molecular formula is C19H18N2O. The van der Waals surface area contributed by atoms with Crippen LogP contribution in [0.15, 0.2) is 66.2 Å². The number of hydrogen-bond donors (Lipinski definition) is 0. The first-order chi connectivity index (χ1) is 10.7. The van der Waals surface area contributed by atoms with Gasteiger partial charge in [0.1, 0.15) is 6.54 Å². The maximum absolute atomic E-state index is 12.4. The van der Waals surface area contributed by atoms with E-state index in [2.05, 4.69) is 17.6 Å². The molecule has 0 aromatic heterocycles. The lowest BCUT2D eigenvalue weighted by Gasteiger charge is -2.22. The predicted octanol–water partition coefficient (Wildman–Crippen LogP) is 3.37. The number of carbonyl (C=O) groups is 1. The quantitative estimate of drug-likeness (QED) is 0.798. The van der Waals surface area contributed by atoms with Gasteiger partial charge < -0.3 is 4.90 Å². The number of nitrogens with zero attached hydrogens (tertiary/aromatic N) is 2. The van der Waals surface area contributed by atoms with Gasteiger partial charge in [0.25, 0.3) is 0 Å². The third-order valence-corrected chi connectivity index (χ3v) is 3.73. The number of benzene rings is 2. The highest BCUT2D eigenvalue weighted by molar-refractivity contribution is 6.19. The number of hydrogen-bond acceptors (Lipinski definition) is 2. The van der Waals surface area contributed by atoms with Gasteiger partial charge in [-0.1, -0.05) is 48.0 Å². The lowest BCUT2D eigenvalue weighted by atomic mass is 9.98. The molecule has 1 heterocycles. The van der Waals surface area contributed by atoms with Crippen molar-refractivity contribution >= 4 is 17.3 Å². The average Bonchev–Trinajstić information content (AvgIpc) is 2.66. The molecule has 3 heteroatoms. The van der Waals surface area contributed by atoms with E-state index in [4.69, 9.17) is 0 Å². The van der Waals surface area contributed by atoms with Crippen molar-refractivity contribution in [3.05, 3.63) is 77.9 Å². The fourth-order valence-electron chi connectivity index (χ4n) is 2.70. The van der Waals surface area contributed by atoms with Crippen LogP contribution >= 0.6 is 0 Å². The first kappa shape index (κ1) is 14.3. The zero-order valence-corrected chi connectivity index (χ0v) is 12.6. The van der Waals surface area contributed by atoms with Crippen molar-refractivity contribution < 1.29 is 4.79 Å². The van der Waals surface area contributed by atoms with Gasteiger partial charge in [0.15, 0.2) is 0 Å². The molecule has 0 atom stereocenters. The van der Waals surface area contributed by atoms with E-state index in [-0.39, 0.29) is 12.5 Å². The van der Waals surface area contributed by atoms with E-state index in [1.807, 2.05) is 49.4 Å². The molecule has 0 saturated heterocycles. The summed E-state index contributed by atoms with van der Waals surface area (Å²) in [5.74, 6) is -0.00376. The van der Waals surface area contributed by atoms with E-state index in [1.165, 1.54) is 0 Å². The van der Waals surface area contributed by atoms with Gasteiger partial charge in [0, 0.05) is 17.7 Å². The summed E-state index contributed by atoms with van der Waals surface area (Å²) < 4.78 is 0. The average molecular weight is 290 g/mol. The first-order valence-electron chi connectivity index (χ1n) is 7.33. The second kappa shape index (κ2) is 5.98. The summed E-state index contributed by atoms with van der Waals surface area (Å²) in [7, 11) is 0. The van der Waals surface area contributed by atoms with Crippen LogP contribution in [-0.2, 0) is 4.79 Å².